The zero-order chi connectivity index (χ0) is 12.4. The van der Waals surface area contributed by atoms with Gasteiger partial charge in [-0.3, -0.25) is 0 Å². The Bertz CT molecular complexity index is 541. The first-order valence-electron chi connectivity index (χ1n) is 6.49. The van der Waals surface area contributed by atoms with E-state index in [1.165, 1.54) is 29.5 Å². The molecule has 2 aromatic rings. The van der Waals surface area contributed by atoms with Crippen molar-refractivity contribution in [1.29, 1.82) is 0 Å². The molecule has 91 valence electrons. The van der Waals surface area contributed by atoms with Crippen LogP contribution in [-0.4, -0.2) is 0 Å². The zero-order valence-electron chi connectivity index (χ0n) is 10.3. The molecule has 0 N–H and O–H groups in total. The van der Waals surface area contributed by atoms with Gasteiger partial charge in [0, 0.05) is 5.02 Å². The minimum absolute atomic E-state index is 0.803. The molecule has 3 rings (SSSR count). The summed E-state index contributed by atoms with van der Waals surface area (Å²) in [6.45, 7) is 0. The molecule has 0 amide bonds. The van der Waals surface area contributed by atoms with Gasteiger partial charge < -0.3 is 0 Å². The van der Waals surface area contributed by atoms with Crippen LogP contribution in [0, 0.1) is 6.42 Å². The molecule has 1 fully saturated rings. The van der Waals surface area contributed by atoms with Crippen molar-refractivity contribution >= 4 is 11.6 Å². The SMILES string of the molecule is Clc1cccc(C[CH]c2ccccc2C2CC2)c1. The van der Waals surface area contributed by atoms with Gasteiger partial charge in [-0.1, -0.05) is 48.0 Å². The molecular weight excluding hydrogens is 240 g/mol. The fraction of sp³-hybridized carbons (Fsp3) is 0.235. The standard InChI is InChI=1S/C17H16Cl/c18-16-6-3-4-13(12-16)8-9-14-5-1-2-7-17(14)15-10-11-15/h1-7,9,12,15H,8,10-11H2. The highest BCUT2D eigenvalue weighted by Crippen LogP contribution is 2.42. The van der Waals surface area contributed by atoms with E-state index in [4.69, 9.17) is 11.6 Å². The fourth-order valence-electron chi connectivity index (χ4n) is 2.35. The minimum Gasteiger partial charge on any atom is -0.0843 e. The van der Waals surface area contributed by atoms with Crippen LogP contribution in [0.1, 0.15) is 35.4 Å². The predicted molar refractivity (Wildman–Crippen MR) is 77.0 cm³/mol. The number of hydrogen-bond acceptors (Lipinski definition) is 0. The lowest BCUT2D eigenvalue weighted by atomic mass is 9.97. The van der Waals surface area contributed by atoms with E-state index in [1.54, 1.807) is 0 Å². The molecule has 1 aliphatic carbocycles. The van der Waals surface area contributed by atoms with Gasteiger partial charge >= 0.3 is 0 Å². The summed E-state index contributed by atoms with van der Waals surface area (Å²) in [5.74, 6) is 0.803. The van der Waals surface area contributed by atoms with Crippen molar-refractivity contribution in [1.82, 2.24) is 0 Å². The molecule has 0 bridgehead atoms. The van der Waals surface area contributed by atoms with Gasteiger partial charge in [0.15, 0.2) is 0 Å². The van der Waals surface area contributed by atoms with Crippen LogP contribution in [0.5, 0.6) is 0 Å². The van der Waals surface area contributed by atoms with Crippen molar-refractivity contribution in [2.24, 2.45) is 0 Å². The molecule has 0 aromatic heterocycles. The normalized spacial score (nSPS) is 14.7. The van der Waals surface area contributed by atoms with Crippen LogP contribution in [0.4, 0.5) is 0 Å². The van der Waals surface area contributed by atoms with Crippen molar-refractivity contribution in [2.45, 2.75) is 25.2 Å². The van der Waals surface area contributed by atoms with Gasteiger partial charge in [0.25, 0.3) is 0 Å². The van der Waals surface area contributed by atoms with E-state index in [2.05, 4.69) is 36.8 Å². The third-order valence-corrected chi connectivity index (χ3v) is 3.69. The molecule has 0 saturated heterocycles. The Morgan fingerprint density at radius 3 is 2.67 bits per heavy atom. The van der Waals surface area contributed by atoms with Crippen molar-refractivity contribution in [3.63, 3.8) is 0 Å². The Labute approximate surface area is 114 Å². The maximum absolute atomic E-state index is 6.00. The molecule has 0 aliphatic heterocycles. The summed E-state index contributed by atoms with van der Waals surface area (Å²) in [4.78, 5) is 0. The van der Waals surface area contributed by atoms with Gasteiger partial charge in [-0.25, -0.2) is 0 Å². The van der Waals surface area contributed by atoms with E-state index in [0.717, 1.165) is 17.4 Å². The average Bonchev–Trinajstić information content (AvgIpc) is 3.21. The third kappa shape index (κ3) is 2.76. The summed E-state index contributed by atoms with van der Waals surface area (Å²) in [5, 5.41) is 0.816. The summed E-state index contributed by atoms with van der Waals surface area (Å²) >= 11 is 6.00. The molecule has 1 heteroatoms. The quantitative estimate of drug-likeness (QED) is 0.720. The van der Waals surface area contributed by atoms with Crippen molar-refractivity contribution in [3.8, 4) is 0 Å². The first-order valence-corrected chi connectivity index (χ1v) is 6.87. The highest BCUT2D eigenvalue weighted by atomic mass is 35.5. The number of benzene rings is 2. The van der Waals surface area contributed by atoms with Gasteiger partial charge in [-0.2, -0.15) is 0 Å². The third-order valence-electron chi connectivity index (χ3n) is 3.46. The lowest BCUT2D eigenvalue weighted by Crippen LogP contribution is -1.93. The molecule has 1 radical (unpaired) electrons. The van der Waals surface area contributed by atoms with Crippen molar-refractivity contribution in [2.75, 3.05) is 0 Å². The largest absolute Gasteiger partial charge is 0.0843 e. The monoisotopic (exact) mass is 255 g/mol. The van der Waals surface area contributed by atoms with E-state index < -0.39 is 0 Å². The molecule has 1 saturated carbocycles. The van der Waals surface area contributed by atoms with E-state index >= 15 is 0 Å². The number of rotatable bonds is 4. The summed E-state index contributed by atoms with van der Waals surface area (Å²) in [6.07, 6.45) is 5.97. The van der Waals surface area contributed by atoms with E-state index in [9.17, 15) is 0 Å². The smallest absolute Gasteiger partial charge is 0.0408 e. The van der Waals surface area contributed by atoms with Crippen LogP contribution in [-0.2, 0) is 6.42 Å². The van der Waals surface area contributed by atoms with Crippen LogP contribution in [0.25, 0.3) is 0 Å². The molecule has 1 aliphatic rings. The summed E-state index contributed by atoms with van der Waals surface area (Å²) < 4.78 is 0. The Balaban J connectivity index is 1.73. The first-order chi connectivity index (χ1) is 8.83. The fourth-order valence-corrected chi connectivity index (χ4v) is 2.57. The van der Waals surface area contributed by atoms with E-state index in [0.29, 0.717) is 0 Å². The highest BCUT2D eigenvalue weighted by Gasteiger charge is 2.25. The highest BCUT2D eigenvalue weighted by molar-refractivity contribution is 6.30. The first kappa shape index (κ1) is 11.8. The topological polar surface area (TPSA) is 0 Å². The second-order valence-electron chi connectivity index (χ2n) is 4.94. The Morgan fingerprint density at radius 2 is 1.89 bits per heavy atom. The summed E-state index contributed by atoms with van der Waals surface area (Å²) in [5.41, 5.74) is 4.17. The van der Waals surface area contributed by atoms with Crippen LogP contribution in [0.3, 0.4) is 0 Å². The second kappa shape index (κ2) is 5.16. The van der Waals surface area contributed by atoms with Crippen LogP contribution in [0.2, 0.25) is 5.02 Å². The lowest BCUT2D eigenvalue weighted by Gasteiger charge is -2.08. The maximum atomic E-state index is 6.00. The molecule has 18 heavy (non-hydrogen) atoms. The molecular formula is C17H16Cl. The molecule has 0 heterocycles. The Hall–Kier alpha value is -1.27. The maximum Gasteiger partial charge on any atom is 0.0408 e. The molecule has 0 nitrogen and oxygen atoms in total. The van der Waals surface area contributed by atoms with Gasteiger partial charge in [0.05, 0.1) is 0 Å². The Morgan fingerprint density at radius 1 is 1.06 bits per heavy atom. The van der Waals surface area contributed by atoms with Crippen molar-refractivity contribution < 1.29 is 0 Å². The minimum atomic E-state index is 0.803. The van der Waals surface area contributed by atoms with Crippen LogP contribution < -0.4 is 0 Å². The zero-order valence-corrected chi connectivity index (χ0v) is 11.0. The van der Waals surface area contributed by atoms with E-state index in [-0.39, 0.29) is 0 Å². The second-order valence-corrected chi connectivity index (χ2v) is 5.38. The molecule has 0 atom stereocenters. The molecule has 2 aromatic carbocycles. The molecule has 0 spiro atoms. The Kier molecular flexibility index (Phi) is 3.38. The average molecular weight is 256 g/mol. The van der Waals surface area contributed by atoms with Gasteiger partial charge in [-0.05, 0) is 60.4 Å². The summed E-state index contributed by atoms with van der Waals surface area (Å²) in [6, 6.07) is 16.8. The number of halogens is 1. The van der Waals surface area contributed by atoms with E-state index in [1.807, 2.05) is 18.2 Å². The van der Waals surface area contributed by atoms with Gasteiger partial charge in [-0.15, -0.1) is 0 Å². The lowest BCUT2D eigenvalue weighted by molar-refractivity contribution is 1.07. The molecule has 0 unspecified atom stereocenters. The van der Waals surface area contributed by atoms with Gasteiger partial charge in [0.1, 0.15) is 0 Å². The summed E-state index contributed by atoms with van der Waals surface area (Å²) in [7, 11) is 0. The number of hydrogen-bond donors (Lipinski definition) is 0. The van der Waals surface area contributed by atoms with Gasteiger partial charge in [0.2, 0.25) is 0 Å². The van der Waals surface area contributed by atoms with Crippen LogP contribution in [0.15, 0.2) is 48.5 Å². The predicted octanol–water partition coefficient (Wildman–Crippen LogP) is 5.01. The van der Waals surface area contributed by atoms with Crippen molar-refractivity contribution in [3.05, 3.63) is 76.7 Å². The van der Waals surface area contributed by atoms with Crippen LogP contribution >= 0.6 is 11.6 Å².